The lowest BCUT2D eigenvalue weighted by molar-refractivity contribution is -0.856. The Labute approximate surface area is 154 Å². The number of fused-ring (bicyclic) bond motifs is 1. The van der Waals surface area contributed by atoms with Gasteiger partial charge < -0.3 is 19.4 Å². The molecule has 6 heteroatoms. The first-order chi connectivity index (χ1) is 12.4. The van der Waals surface area contributed by atoms with E-state index in [9.17, 15) is 9.59 Å². The number of hydrogen-bond acceptors (Lipinski definition) is 4. The Morgan fingerprint density at radius 2 is 2.08 bits per heavy atom. The van der Waals surface area contributed by atoms with Crippen LogP contribution in [0.5, 0.6) is 5.75 Å². The molecule has 142 valence electrons. The van der Waals surface area contributed by atoms with Crippen LogP contribution in [0.1, 0.15) is 30.9 Å². The number of hydrogen-bond donors (Lipinski definition) is 2. The largest absolute Gasteiger partial charge is 0.483 e. The zero-order valence-corrected chi connectivity index (χ0v) is 16.1. The quantitative estimate of drug-likeness (QED) is 0.656. The first-order valence-electron chi connectivity index (χ1n) is 9.17. The molecule has 0 fully saturated rings. The smallest absolute Gasteiger partial charge is 0.336 e. The Morgan fingerprint density at radius 1 is 1.31 bits per heavy atom. The van der Waals surface area contributed by atoms with Crippen LogP contribution in [0, 0.1) is 6.92 Å². The molecule has 0 radical (unpaired) electrons. The van der Waals surface area contributed by atoms with Gasteiger partial charge in [-0.15, -0.1) is 0 Å². The van der Waals surface area contributed by atoms with Gasteiger partial charge in [-0.25, -0.2) is 4.79 Å². The van der Waals surface area contributed by atoms with Crippen LogP contribution >= 0.6 is 0 Å². The number of ether oxygens (including phenoxy) is 1. The molecule has 0 aliphatic heterocycles. The summed E-state index contributed by atoms with van der Waals surface area (Å²) in [6.07, 6.45) is 2.92. The molecule has 1 heterocycles. The first kappa shape index (κ1) is 20.0. The van der Waals surface area contributed by atoms with Crippen LogP contribution < -0.4 is 20.6 Å². The van der Waals surface area contributed by atoms with Gasteiger partial charge in [0.1, 0.15) is 11.3 Å². The lowest BCUT2D eigenvalue weighted by atomic mass is 10.0. The van der Waals surface area contributed by atoms with Gasteiger partial charge in [-0.1, -0.05) is 13.3 Å². The molecule has 0 bridgehead atoms. The van der Waals surface area contributed by atoms with Crippen LogP contribution in [0.2, 0.25) is 0 Å². The van der Waals surface area contributed by atoms with E-state index in [0.29, 0.717) is 17.9 Å². The predicted molar refractivity (Wildman–Crippen MR) is 102 cm³/mol. The third kappa shape index (κ3) is 5.33. The summed E-state index contributed by atoms with van der Waals surface area (Å²) in [6.45, 7) is 5.37. The fourth-order valence-corrected chi connectivity index (χ4v) is 2.78. The molecule has 0 spiro atoms. The second kappa shape index (κ2) is 9.38. The van der Waals surface area contributed by atoms with Gasteiger partial charge in [0, 0.05) is 17.0 Å². The third-order valence-electron chi connectivity index (χ3n) is 4.30. The Balaban J connectivity index is 2.13. The molecule has 0 atom stereocenters. The summed E-state index contributed by atoms with van der Waals surface area (Å²) in [7, 11) is 4.06. The van der Waals surface area contributed by atoms with Crippen molar-refractivity contribution in [2.75, 3.05) is 33.8 Å². The first-order valence-corrected chi connectivity index (χ1v) is 9.17. The van der Waals surface area contributed by atoms with E-state index in [-0.39, 0.29) is 18.1 Å². The maximum Gasteiger partial charge on any atom is 0.336 e. The van der Waals surface area contributed by atoms with E-state index >= 15 is 0 Å². The van der Waals surface area contributed by atoms with Crippen LogP contribution in [0.15, 0.2) is 27.4 Å². The van der Waals surface area contributed by atoms with Gasteiger partial charge >= 0.3 is 5.63 Å². The molecule has 2 aromatic rings. The molecular formula is C20H29N2O4+. The van der Waals surface area contributed by atoms with Crippen LogP contribution in [0.25, 0.3) is 11.0 Å². The SMILES string of the molecule is CCCCc1cc(=O)oc2c(C)c(OCC(=O)NCC[NH+](C)C)ccc12. The molecule has 0 aliphatic rings. The highest BCUT2D eigenvalue weighted by molar-refractivity contribution is 5.85. The second-order valence-electron chi connectivity index (χ2n) is 6.86. The molecule has 0 unspecified atom stereocenters. The number of amides is 1. The van der Waals surface area contributed by atoms with E-state index < -0.39 is 0 Å². The molecule has 26 heavy (non-hydrogen) atoms. The van der Waals surface area contributed by atoms with Gasteiger partial charge in [0.05, 0.1) is 27.2 Å². The molecule has 6 nitrogen and oxygen atoms in total. The van der Waals surface area contributed by atoms with E-state index in [1.165, 1.54) is 4.90 Å². The monoisotopic (exact) mass is 361 g/mol. The molecule has 1 aromatic heterocycles. The fourth-order valence-electron chi connectivity index (χ4n) is 2.78. The minimum Gasteiger partial charge on any atom is -0.483 e. The summed E-state index contributed by atoms with van der Waals surface area (Å²) < 4.78 is 11.1. The zero-order valence-electron chi connectivity index (χ0n) is 16.1. The van der Waals surface area contributed by atoms with Gasteiger partial charge in [-0.2, -0.15) is 0 Å². The highest BCUT2D eigenvalue weighted by Crippen LogP contribution is 2.29. The summed E-state index contributed by atoms with van der Waals surface area (Å²) in [5.74, 6) is 0.394. The van der Waals surface area contributed by atoms with Gasteiger partial charge in [-0.05, 0) is 37.5 Å². The second-order valence-corrected chi connectivity index (χ2v) is 6.86. The predicted octanol–water partition coefficient (Wildman–Crippen LogP) is 1.08. The average Bonchev–Trinajstić information content (AvgIpc) is 2.59. The Bertz CT molecular complexity index is 811. The average molecular weight is 361 g/mol. The van der Waals surface area contributed by atoms with Crippen molar-refractivity contribution in [3.8, 4) is 5.75 Å². The highest BCUT2D eigenvalue weighted by Gasteiger charge is 2.13. The lowest BCUT2D eigenvalue weighted by Gasteiger charge is -2.13. The number of nitrogens with one attached hydrogen (secondary N) is 2. The minimum absolute atomic E-state index is 0.0606. The summed E-state index contributed by atoms with van der Waals surface area (Å²) in [4.78, 5) is 25.0. The molecule has 1 amide bonds. The van der Waals surface area contributed by atoms with Crippen molar-refractivity contribution >= 4 is 16.9 Å². The van der Waals surface area contributed by atoms with Gasteiger partial charge in [0.15, 0.2) is 6.61 Å². The number of carbonyl (C=O) groups excluding carboxylic acids is 1. The summed E-state index contributed by atoms with van der Waals surface area (Å²) >= 11 is 0. The molecule has 0 saturated heterocycles. The number of aryl methyl sites for hydroxylation is 2. The van der Waals surface area contributed by atoms with Crippen LogP contribution in [0.3, 0.4) is 0 Å². The van der Waals surface area contributed by atoms with Crippen LogP contribution in [0.4, 0.5) is 0 Å². The summed E-state index contributed by atoms with van der Waals surface area (Å²) in [6, 6.07) is 5.31. The molecule has 0 aliphatic carbocycles. The third-order valence-corrected chi connectivity index (χ3v) is 4.30. The molecule has 0 saturated carbocycles. The topological polar surface area (TPSA) is 73.0 Å². The number of likely N-dealkylation sites (N-methyl/N-ethyl adjacent to an activating group) is 1. The van der Waals surface area contributed by atoms with Crippen molar-refractivity contribution in [1.82, 2.24) is 5.32 Å². The summed E-state index contributed by atoms with van der Waals surface area (Å²) in [5, 5.41) is 3.76. The Morgan fingerprint density at radius 3 is 2.77 bits per heavy atom. The van der Waals surface area contributed by atoms with E-state index in [0.717, 1.165) is 42.3 Å². The van der Waals surface area contributed by atoms with E-state index in [1.807, 2.05) is 33.2 Å². The van der Waals surface area contributed by atoms with Crippen LogP contribution in [-0.4, -0.2) is 39.7 Å². The normalized spacial score (nSPS) is 11.1. The fraction of sp³-hybridized carbons (Fsp3) is 0.500. The standard InChI is InChI=1S/C20H28N2O4/c1-5-6-7-15-12-19(24)26-20-14(2)17(9-8-16(15)20)25-13-18(23)21-10-11-22(3)4/h8-9,12H,5-7,10-11,13H2,1-4H3,(H,21,23)/p+1. The molecule has 2 N–H and O–H groups in total. The maximum absolute atomic E-state index is 11.9. The van der Waals surface area contributed by atoms with Crippen molar-refractivity contribution in [1.29, 1.82) is 0 Å². The van der Waals surface area contributed by atoms with Gasteiger partial charge in [0.2, 0.25) is 0 Å². The number of rotatable bonds is 9. The Kier molecular flexibility index (Phi) is 7.21. The van der Waals surface area contributed by atoms with Crippen molar-refractivity contribution in [3.63, 3.8) is 0 Å². The number of benzene rings is 1. The number of unbranched alkanes of at least 4 members (excludes halogenated alkanes) is 1. The van der Waals surface area contributed by atoms with Gasteiger partial charge in [-0.3, -0.25) is 4.79 Å². The Hall–Kier alpha value is -2.34. The highest BCUT2D eigenvalue weighted by atomic mass is 16.5. The number of quaternary nitrogens is 1. The van der Waals surface area contributed by atoms with Crippen LogP contribution in [-0.2, 0) is 11.2 Å². The maximum atomic E-state index is 11.9. The van der Waals surface area contributed by atoms with Crippen molar-refractivity contribution < 1.29 is 18.8 Å². The van der Waals surface area contributed by atoms with E-state index in [2.05, 4.69) is 12.2 Å². The molecular weight excluding hydrogens is 332 g/mol. The minimum atomic E-state index is -0.354. The molecule has 1 aromatic carbocycles. The summed E-state index contributed by atoms with van der Waals surface area (Å²) in [5.41, 5.74) is 1.92. The van der Waals surface area contributed by atoms with E-state index in [4.69, 9.17) is 9.15 Å². The lowest BCUT2D eigenvalue weighted by Crippen LogP contribution is -3.06. The number of carbonyl (C=O) groups is 1. The zero-order chi connectivity index (χ0) is 19.1. The van der Waals surface area contributed by atoms with Crippen molar-refractivity contribution in [2.24, 2.45) is 0 Å². The van der Waals surface area contributed by atoms with E-state index in [1.54, 1.807) is 6.07 Å². The van der Waals surface area contributed by atoms with Gasteiger partial charge in [0.25, 0.3) is 5.91 Å². The molecule has 2 rings (SSSR count). The van der Waals surface area contributed by atoms with Crippen molar-refractivity contribution in [2.45, 2.75) is 33.1 Å². The van der Waals surface area contributed by atoms with Crippen molar-refractivity contribution in [3.05, 3.63) is 39.7 Å².